The highest BCUT2D eigenvalue weighted by Crippen LogP contribution is 2.42. The fraction of sp³-hybridized carbons (Fsp3) is 0.385. The van der Waals surface area contributed by atoms with E-state index in [1.165, 1.54) is 17.2 Å². The predicted octanol–water partition coefficient (Wildman–Crippen LogP) is 2.27. The number of sulfonamides is 1. The van der Waals surface area contributed by atoms with Gasteiger partial charge in [-0.2, -0.15) is 26.3 Å². The number of ketones is 1. The van der Waals surface area contributed by atoms with Gasteiger partial charge in [-0.15, -0.1) is 4.83 Å². The van der Waals surface area contributed by atoms with E-state index in [9.17, 15) is 44.3 Å². The van der Waals surface area contributed by atoms with Gasteiger partial charge in [0.15, 0.2) is 5.78 Å². The van der Waals surface area contributed by atoms with Crippen LogP contribution in [0.1, 0.15) is 24.2 Å². The summed E-state index contributed by atoms with van der Waals surface area (Å²) in [7, 11) is -4.52. The summed E-state index contributed by atoms with van der Waals surface area (Å²) in [6.45, 7) is 0.896. The molecule has 0 saturated heterocycles. The van der Waals surface area contributed by atoms with Crippen LogP contribution < -0.4 is 15.6 Å². The molecule has 0 spiro atoms. The molecule has 0 radical (unpaired) electrons. The summed E-state index contributed by atoms with van der Waals surface area (Å²) < 4.78 is 99.8. The third-order valence-corrected chi connectivity index (χ3v) is 4.63. The summed E-state index contributed by atoms with van der Waals surface area (Å²) in [5, 5.41) is 0.650. The van der Waals surface area contributed by atoms with Crippen LogP contribution in [0.5, 0.6) is 0 Å². The van der Waals surface area contributed by atoms with Gasteiger partial charge in [-0.05, 0) is 26.0 Å². The van der Waals surface area contributed by atoms with E-state index in [-0.39, 0.29) is 18.3 Å². The lowest BCUT2D eigenvalue weighted by atomic mass is 10.0. The highest BCUT2D eigenvalue weighted by atomic mass is 32.2. The first-order valence-corrected chi connectivity index (χ1v) is 8.34. The van der Waals surface area contributed by atoms with E-state index in [0.29, 0.717) is 5.32 Å². The number of hydrogen-bond donors (Lipinski definition) is 3. The number of nitrogens with one attached hydrogen (secondary N) is 3. The Bertz CT molecular complexity index is 804. The number of hydrazine groups is 1. The van der Waals surface area contributed by atoms with Crippen LogP contribution in [0.15, 0.2) is 29.2 Å². The molecule has 0 atom stereocenters. The Kier molecular flexibility index (Phi) is 6.17. The second-order valence-electron chi connectivity index (χ2n) is 5.39. The molecular formula is C13H13F6N3O4S. The quantitative estimate of drug-likeness (QED) is 0.385. The molecule has 0 aliphatic rings. The maximum Gasteiger partial charge on any atom is 0.420 e. The zero-order valence-corrected chi connectivity index (χ0v) is 14.4. The second-order valence-corrected chi connectivity index (χ2v) is 7.07. The number of alkyl halides is 6. The lowest BCUT2D eigenvalue weighted by Crippen LogP contribution is -2.67. The number of Topliss-reactive ketones (excluding diaryl/α,β-unsaturated/α-hetero) is 1. The van der Waals surface area contributed by atoms with Crippen LogP contribution in [-0.2, 0) is 10.0 Å². The van der Waals surface area contributed by atoms with Gasteiger partial charge in [0, 0.05) is 5.56 Å². The molecule has 0 unspecified atom stereocenters. The fourth-order valence-electron chi connectivity index (χ4n) is 1.60. The minimum absolute atomic E-state index is 0.158. The monoisotopic (exact) mass is 421 g/mol. The standard InChI is InChI=1S/C13H13F6N3O4S/c1-7(23)8-3-5-9(6-4-8)27(25,26)22-21-10(24)20-11(2,12(14,15)16)13(17,18)19/h3-6,22H,1-2H3,(H2,20,21,24). The highest BCUT2D eigenvalue weighted by molar-refractivity contribution is 7.89. The Hall–Kier alpha value is -2.35. The van der Waals surface area contributed by atoms with E-state index in [1.807, 2.05) is 0 Å². The van der Waals surface area contributed by atoms with E-state index < -0.39 is 38.8 Å². The number of halogens is 6. The van der Waals surface area contributed by atoms with E-state index in [0.717, 1.165) is 24.3 Å². The van der Waals surface area contributed by atoms with Crippen molar-refractivity contribution in [3.8, 4) is 0 Å². The maximum absolute atomic E-state index is 12.7. The van der Waals surface area contributed by atoms with Crippen molar-refractivity contribution in [3.63, 3.8) is 0 Å². The Morgan fingerprint density at radius 3 is 1.74 bits per heavy atom. The minimum atomic E-state index is -5.90. The molecule has 3 N–H and O–H groups in total. The van der Waals surface area contributed by atoms with Gasteiger partial charge in [0.2, 0.25) is 5.54 Å². The van der Waals surface area contributed by atoms with Crippen LogP contribution in [-0.4, -0.2) is 38.1 Å². The summed E-state index contributed by atoms with van der Waals surface area (Å²) in [5.41, 5.74) is -3.25. The molecule has 0 fully saturated rings. The van der Waals surface area contributed by atoms with Crippen LogP contribution in [0, 0.1) is 0 Å². The second kappa shape index (κ2) is 7.34. The Balaban J connectivity index is 2.90. The lowest BCUT2D eigenvalue weighted by Gasteiger charge is -2.34. The summed E-state index contributed by atoms with van der Waals surface area (Å²) in [6, 6.07) is 2.07. The molecule has 27 heavy (non-hydrogen) atoms. The Morgan fingerprint density at radius 2 is 1.37 bits per heavy atom. The van der Waals surface area contributed by atoms with Gasteiger partial charge in [0.05, 0.1) is 4.90 Å². The van der Waals surface area contributed by atoms with Crippen LogP contribution >= 0.6 is 0 Å². The third-order valence-electron chi connectivity index (χ3n) is 3.37. The average Bonchev–Trinajstić information content (AvgIpc) is 2.51. The average molecular weight is 421 g/mol. The normalized spacial score (nSPS) is 13.2. The summed E-state index contributed by atoms with van der Waals surface area (Å²) in [6.07, 6.45) is -11.8. The molecule has 0 aliphatic carbocycles. The van der Waals surface area contributed by atoms with Crippen molar-refractivity contribution in [2.75, 3.05) is 0 Å². The number of carbonyl (C=O) groups is 2. The van der Waals surface area contributed by atoms with Gasteiger partial charge in [-0.3, -0.25) is 10.2 Å². The molecule has 1 rings (SSSR count). The molecule has 7 nitrogen and oxygen atoms in total. The van der Waals surface area contributed by atoms with Gasteiger partial charge in [-0.25, -0.2) is 13.2 Å². The smallest absolute Gasteiger partial charge is 0.315 e. The maximum atomic E-state index is 12.7. The topological polar surface area (TPSA) is 104 Å². The number of amides is 2. The van der Waals surface area contributed by atoms with Crippen molar-refractivity contribution in [3.05, 3.63) is 29.8 Å². The summed E-state index contributed by atoms with van der Waals surface area (Å²) in [5.74, 6) is -0.372. The van der Waals surface area contributed by atoms with Crippen molar-refractivity contribution >= 4 is 21.8 Å². The fourth-order valence-corrected chi connectivity index (χ4v) is 2.44. The molecule has 0 heterocycles. The number of urea groups is 1. The SMILES string of the molecule is CC(=O)c1ccc(S(=O)(=O)NNC(=O)NC(C)(C(F)(F)F)C(F)(F)F)cc1. The van der Waals surface area contributed by atoms with Gasteiger partial charge >= 0.3 is 18.4 Å². The molecule has 0 saturated carbocycles. The van der Waals surface area contributed by atoms with Gasteiger partial charge < -0.3 is 5.32 Å². The first-order chi connectivity index (χ1) is 12.0. The van der Waals surface area contributed by atoms with Crippen molar-refractivity contribution in [2.45, 2.75) is 36.6 Å². The van der Waals surface area contributed by atoms with E-state index in [2.05, 4.69) is 0 Å². The zero-order valence-electron chi connectivity index (χ0n) is 13.6. The van der Waals surface area contributed by atoms with Crippen molar-refractivity contribution in [2.24, 2.45) is 0 Å². The molecule has 0 bridgehead atoms. The van der Waals surface area contributed by atoms with Gasteiger partial charge in [-0.1, -0.05) is 12.1 Å². The van der Waals surface area contributed by atoms with Crippen LogP contribution in [0.2, 0.25) is 0 Å². The van der Waals surface area contributed by atoms with Crippen LogP contribution in [0.4, 0.5) is 31.1 Å². The zero-order chi connectivity index (χ0) is 21.3. The molecule has 1 aromatic carbocycles. The third kappa shape index (κ3) is 5.09. The molecule has 0 aliphatic heterocycles. The van der Waals surface area contributed by atoms with Crippen LogP contribution in [0.25, 0.3) is 0 Å². The highest BCUT2D eigenvalue weighted by Gasteiger charge is 2.68. The Labute approximate surface area is 149 Å². The summed E-state index contributed by atoms with van der Waals surface area (Å²) >= 11 is 0. The molecule has 1 aromatic rings. The number of rotatable bonds is 5. The molecule has 2 amide bonds. The molecular weight excluding hydrogens is 408 g/mol. The predicted molar refractivity (Wildman–Crippen MR) is 79.0 cm³/mol. The van der Waals surface area contributed by atoms with Crippen molar-refractivity contribution < 1.29 is 44.3 Å². The van der Waals surface area contributed by atoms with Gasteiger partial charge in [0.1, 0.15) is 0 Å². The van der Waals surface area contributed by atoms with E-state index >= 15 is 0 Å². The van der Waals surface area contributed by atoms with E-state index in [1.54, 1.807) is 0 Å². The summed E-state index contributed by atoms with van der Waals surface area (Å²) in [4.78, 5) is 23.3. The number of benzene rings is 1. The lowest BCUT2D eigenvalue weighted by molar-refractivity contribution is -0.297. The molecule has 14 heteroatoms. The first-order valence-electron chi connectivity index (χ1n) is 6.86. The number of carbonyl (C=O) groups excluding carboxylic acids is 2. The number of hydrogen-bond acceptors (Lipinski definition) is 4. The van der Waals surface area contributed by atoms with Gasteiger partial charge in [0.25, 0.3) is 10.0 Å². The van der Waals surface area contributed by atoms with Crippen LogP contribution in [0.3, 0.4) is 0 Å². The Morgan fingerprint density at radius 1 is 0.926 bits per heavy atom. The first kappa shape index (κ1) is 22.7. The molecule has 152 valence electrons. The van der Waals surface area contributed by atoms with Crippen molar-refractivity contribution in [1.82, 2.24) is 15.6 Å². The van der Waals surface area contributed by atoms with Crippen molar-refractivity contribution in [1.29, 1.82) is 0 Å². The minimum Gasteiger partial charge on any atom is -0.315 e. The largest absolute Gasteiger partial charge is 0.420 e. The molecule has 0 aromatic heterocycles. The van der Waals surface area contributed by atoms with E-state index in [4.69, 9.17) is 0 Å².